The van der Waals surface area contributed by atoms with Crippen molar-refractivity contribution >= 4 is 23.3 Å². The van der Waals surface area contributed by atoms with Gasteiger partial charge in [0.1, 0.15) is 5.70 Å². The molecule has 0 radical (unpaired) electrons. The van der Waals surface area contributed by atoms with Gasteiger partial charge in [-0.25, -0.2) is 9.00 Å². The van der Waals surface area contributed by atoms with Crippen molar-refractivity contribution in [3.63, 3.8) is 0 Å². The van der Waals surface area contributed by atoms with E-state index < -0.39 is 17.2 Å². The SMILES string of the molecule is O=C(O)C(=Cc1ccccc1)NS(=O)O. The predicted octanol–water partition coefficient (Wildman–Crippen LogP) is 0.838. The van der Waals surface area contributed by atoms with E-state index in [1.54, 1.807) is 30.3 Å². The van der Waals surface area contributed by atoms with Gasteiger partial charge in [0.15, 0.2) is 0 Å². The van der Waals surface area contributed by atoms with Gasteiger partial charge in [0.05, 0.1) is 0 Å². The molecule has 0 saturated heterocycles. The summed E-state index contributed by atoms with van der Waals surface area (Å²) < 4.78 is 20.8. The van der Waals surface area contributed by atoms with E-state index in [9.17, 15) is 9.00 Å². The van der Waals surface area contributed by atoms with Gasteiger partial charge in [0.2, 0.25) is 0 Å². The van der Waals surface area contributed by atoms with Gasteiger partial charge in [-0.05, 0) is 11.6 Å². The molecule has 0 aliphatic heterocycles. The molecule has 5 nitrogen and oxygen atoms in total. The number of rotatable bonds is 4. The third-order valence-electron chi connectivity index (χ3n) is 1.54. The predicted molar refractivity (Wildman–Crippen MR) is 56.0 cm³/mol. The Bertz CT molecular complexity index is 402. The number of hydrogen-bond donors (Lipinski definition) is 3. The van der Waals surface area contributed by atoms with Crippen molar-refractivity contribution in [2.24, 2.45) is 0 Å². The Morgan fingerprint density at radius 1 is 1.33 bits per heavy atom. The molecular formula is C9H9NO4S. The summed E-state index contributed by atoms with van der Waals surface area (Å²) in [5.41, 5.74) is 0.301. The molecule has 0 bridgehead atoms. The van der Waals surface area contributed by atoms with Crippen LogP contribution in [-0.4, -0.2) is 19.8 Å². The molecule has 0 amide bonds. The molecule has 0 spiro atoms. The first-order chi connectivity index (χ1) is 7.09. The standard InChI is InChI=1S/C9H9NO4S/c11-9(12)8(10-15(13)14)6-7-4-2-1-3-5-7/h1-6,10H,(H,11,12)(H,13,14). The Hall–Kier alpha value is -1.66. The highest BCUT2D eigenvalue weighted by atomic mass is 32.2. The third kappa shape index (κ3) is 3.92. The van der Waals surface area contributed by atoms with Crippen molar-refractivity contribution in [3.05, 3.63) is 41.6 Å². The van der Waals surface area contributed by atoms with E-state index in [4.69, 9.17) is 9.66 Å². The monoisotopic (exact) mass is 227 g/mol. The number of carboxylic acid groups (broad SMARTS) is 1. The summed E-state index contributed by atoms with van der Waals surface area (Å²) in [5.74, 6) is -1.29. The highest BCUT2D eigenvalue weighted by Crippen LogP contribution is 2.04. The van der Waals surface area contributed by atoms with Crippen LogP contribution >= 0.6 is 0 Å². The maximum atomic E-state index is 10.7. The van der Waals surface area contributed by atoms with Crippen LogP contribution in [0, 0.1) is 0 Å². The van der Waals surface area contributed by atoms with Gasteiger partial charge in [-0.2, -0.15) is 0 Å². The Labute approximate surface area is 88.9 Å². The molecule has 0 aliphatic rings. The number of carbonyl (C=O) groups is 1. The fraction of sp³-hybridized carbons (Fsp3) is 0. The molecule has 1 rings (SSSR count). The molecule has 15 heavy (non-hydrogen) atoms. The Morgan fingerprint density at radius 3 is 2.40 bits per heavy atom. The number of nitrogens with one attached hydrogen (secondary N) is 1. The van der Waals surface area contributed by atoms with Gasteiger partial charge < -0.3 is 5.11 Å². The molecule has 0 heterocycles. The van der Waals surface area contributed by atoms with E-state index in [0.717, 1.165) is 0 Å². The topological polar surface area (TPSA) is 86.6 Å². The summed E-state index contributed by atoms with van der Waals surface area (Å²) in [6, 6.07) is 8.63. The van der Waals surface area contributed by atoms with Crippen molar-refractivity contribution in [3.8, 4) is 0 Å². The molecule has 0 fully saturated rings. The lowest BCUT2D eigenvalue weighted by Crippen LogP contribution is -2.21. The third-order valence-corrected chi connectivity index (χ3v) is 1.93. The van der Waals surface area contributed by atoms with E-state index in [1.165, 1.54) is 6.08 Å². The number of carboxylic acids is 1. The van der Waals surface area contributed by atoms with Crippen LogP contribution in [0.5, 0.6) is 0 Å². The van der Waals surface area contributed by atoms with Crippen molar-refractivity contribution in [2.75, 3.05) is 0 Å². The largest absolute Gasteiger partial charge is 0.477 e. The zero-order valence-electron chi connectivity index (χ0n) is 7.58. The first-order valence-corrected chi connectivity index (χ1v) is 5.08. The van der Waals surface area contributed by atoms with E-state index in [1.807, 2.05) is 4.72 Å². The molecule has 80 valence electrons. The van der Waals surface area contributed by atoms with Crippen LogP contribution in [0.25, 0.3) is 6.08 Å². The van der Waals surface area contributed by atoms with Crippen LogP contribution in [0.2, 0.25) is 0 Å². The highest BCUT2D eigenvalue weighted by molar-refractivity contribution is 7.77. The van der Waals surface area contributed by atoms with Crippen molar-refractivity contribution in [2.45, 2.75) is 0 Å². The van der Waals surface area contributed by atoms with Gasteiger partial charge in [-0.1, -0.05) is 30.3 Å². The lowest BCUT2D eigenvalue weighted by molar-refractivity contribution is -0.132. The average molecular weight is 227 g/mol. The molecule has 1 atom stereocenters. The summed E-state index contributed by atoms with van der Waals surface area (Å²) >= 11 is -2.39. The van der Waals surface area contributed by atoms with E-state index in [-0.39, 0.29) is 5.70 Å². The van der Waals surface area contributed by atoms with Crippen LogP contribution in [0.1, 0.15) is 5.56 Å². The molecule has 0 aliphatic carbocycles. The first-order valence-electron chi connectivity index (χ1n) is 3.97. The lowest BCUT2D eigenvalue weighted by atomic mass is 10.2. The molecule has 0 saturated carbocycles. The van der Waals surface area contributed by atoms with Gasteiger partial charge in [0, 0.05) is 0 Å². The summed E-state index contributed by atoms with van der Waals surface area (Å²) in [6.45, 7) is 0. The second-order valence-electron chi connectivity index (χ2n) is 2.63. The summed E-state index contributed by atoms with van der Waals surface area (Å²) in [6.07, 6.45) is 1.27. The Kier molecular flexibility index (Phi) is 4.02. The molecule has 3 N–H and O–H groups in total. The van der Waals surface area contributed by atoms with Crippen molar-refractivity contribution in [1.29, 1.82) is 0 Å². The summed E-state index contributed by atoms with van der Waals surface area (Å²) in [7, 11) is 0. The van der Waals surface area contributed by atoms with Crippen LogP contribution in [-0.2, 0) is 16.1 Å². The van der Waals surface area contributed by atoms with Crippen LogP contribution in [0.4, 0.5) is 0 Å². The zero-order valence-corrected chi connectivity index (χ0v) is 8.40. The molecule has 6 heteroatoms. The van der Waals surface area contributed by atoms with Crippen LogP contribution in [0.15, 0.2) is 36.0 Å². The molecule has 1 unspecified atom stereocenters. The Balaban J connectivity index is 2.94. The van der Waals surface area contributed by atoms with Crippen LogP contribution < -0.4 is 4.72 Å². The summed E-state index contributed by atoms with van der Waals surface area (Å²) in [5, 5.41) is 8.71. The number of aliphatic carboxylic acids is 1. The highest BCUT2D eigenvalue weighted by Gasteiger charge is 2.08. The van der Waals surface area contributed by atoms with E-state index in [0.29, 0.717) is 5.56 Å². The van der Waals surface area contributed by atoms with Gasteiger partial charge in [-0.3, -0.25) is 9.27 Å². The van der Waals surface area contributed by atoms with E-state index in [2.05, 4.69) is 0 Å². The fourth-order valence-corrected chi connectivity index (χ4v) is 1.28. The second-order valence-corrected chi connectivity index (χ2v) is 3.33. The van der Waals surface area contributed by atoms with Gasteiger partial charge in [-0.15, -0.1) is 0 Å². The fourth-order valence-electron chi connectivity index (χ4n) is 0.945. The number of benzene rings is 1. The smallest absolute Gasteiger partial charge is 0.352 e. The number of hydrogen-bond acceptors (Lipinski definition) is 2. The van der Waals surface area contributed by atoms with Crippen LogP contribution in [0.3, 0.4) is 0 Å². The van der Waals surface area contributed by atoms with Gasteiger partial charge in [0.25, 0.3) is 11.3 Å². The van der Waals surface area contributed by atoms with E-state index >= 15 is 0 Å². The molecule has 0 aromatic heterocycles. The van der Waals surface area contributed by atoms with Crippen molar-refractivity contribution < 1.29 is 18.7 Å². The summed E-state index contributed by atoms with van der Waals surface area (Å²) in [4.78, 5) is 10.7. The molecular weight excluding hydrogens is 218 g/mol. The Morgan fingerprint density at radius 2 is 1.93 bits per heavy atom. The minimum absolute atomic E-state index is 0.331. The zero-order chi connectivity index (χ0) is 11.3. The van der Waals surface area contributed by atoms with Gasteiger partial charge >= 0.3 is 5.97 Å². The lowest BCUT2D eigenvalue weighted by Gasteiger charge is -2.01. The average Bonchev–Trinajstić information content (AvgIpc) is 2.17. The maximum Gasteiger partial charge on any atom is 0.352 e. The minimum Gasteiger partial charge on any atom is -0.477 e. The quantitative estimate of drug-likeness (QED) is 0.525. The molecule has 1 aromatic rings. The van der Waals surface area contributed by atoms with Crippen molar-refractivity contribution in [1.82, 2.24) is 4.72 Å². The minimum atomic E-state index is -2.39. The normalized spacial score (nSPS) is 13.3. The maximum absolute atomic E-state index is 10.7. The molecule has 1 aromatic carbocycles. The second kappa shape index (κ2) is 5.28. The first kappa shape index (κ1) is 11.4.